The Bertz CT molecular complexity index is 656. The first-order valence-electron chi connectivity index (χ1n) is 8.38. The Hall–Kier alpha value is -2.30. The fourth-order valence-corrected chi connectivity index (χ4v) is 2.27. The van der Waals surface area contributed by atoms with E-state index < -0.39 is 0 Å². The molecule has 0 aliphatic rings. The summed E-state index contributed by atoms with van der Waals surface area (Å²) in [6, 6.07) is 10.4. The van der Waals surface area contributed by atoms with Crippen LogP contribution in [0.3, 0.4) is 0 Å². The second-order valence-corrected chi connectivity index (χ2v) is 6.88. The highest BCUT2D eigenvalue weighted by molar-refractivity contribution is 5.79. The van der Waals surface area contributed by atoms with Gasteiger partial charge in [-0.3, -0.25) is 0 Å². The molecule has 130 valence electrons. The molecule has 0 spiro atoms. The Morgan fingerprint density at radius 2 is 1.96 bits per heavy atom. The van der Waals surface area contributed by atoms with Gasteiger partial charge in [-0.05, 0) is 12.5 Å². The second kappa shape index (κ2) is 7.99. The van der Waals surface area contributed by atoms with E-state index >= 15 is 0 Å². The minimum Gasteiger partial charge on any atom is -0.443 e. The van der Waals surface area contributed by atoms with Gasteiger partial charge in [0.15, 0.2) is 5.96 Å². The summed E-state index contributed by atoms with van der Waals surface area (Å²) in [6.45, 7) is 10.4. The average Bonchev–Trinajstić information content (AvgIpc) is 3.01. The van der Waals surface area contributed by atoms with Crippen LogP contribution in [-0.4, -0.2) is 29.4 Å². The number of hydrogen-bond donors (Lipinski definition) is 1. The Morgan fingerprint density at radius 1 is 1.25 bits per heavy atom. The third-order valence-electron chi connectivity index (χ3n) is 3.62. The number of guanidine groups is 1. The van der Waals surface area contributed by atoms with Crippen molar-refractivity contribution in [1.29, 1.82) is 0 Å². The van der Waals surface area contributed by atoms with Crippen molar-refractivity contribution in [3.63, 3.8) is 0 Å². The number of nitrogens with one attached hydrogen (secondary N) is 1. The van der Waals surface area contributed by atoms with Crippen molar-refractivity contribution in [3.8, 4) is 0 Å². The molecule has 0 bridgehead atoms. The lowest BCUT2D eigenvalue weighted by molar-refractivity contribution is 0.382. The van der Waals surface area contributed by atoms with Crippen LogP contribution >= 0.6 is 0 Å². The Labute approximate surface area is 144 Å². The molecule has 0 fully saturated rings. The van der Waals surface area contributed by atoms with Gasteiger partial charge in [-0.1, -0.05) is 51.1 Å². The van der Waals surface area contributed by atoms with Crippen LogP contribution in [0.4, 0.5) is 0 Å². The first-order chi connectivity index (χ1) is 11.4. The molecule has 5 nitrogen and oxygen atoms in total. The van der Waals surface area contributed by atoms with E-state index in [2.05, 4.69) is 60.0 Å². The molecule has 1 N–H and O–H groups in total. The first-order valence-corrected chi connectivity index (χ1v) is 8.38. The van der Waals surface area contributed by atoms with E-state index in [1.807, 2.05) is 25.2 Å². The van der Waals surface area contributed by atoms with Crippen LogP contribution in [0.2, 0.25) is 0 Å². The van der Waals surface area contributed by atoms with E-state index in [1.165, 1.54) is 5.56 Å². The molecule has 1 aromatic carbocycles. The van der Waals surface area contributed by atoms with E-state index in [0.717, 1.165) is 24.8 Å². The fraction of sp³-hybridized carbons (Fsp3) is 0.474. The Balaban J connectivity index is 2.06. The molecule has 5 heteroatoms. The third-order valence-corrected chi connectivity index (χ3v) is 3.62. The largest absolute Gasteiger partial charge is 0.443 e. The van der Waals surface area contributed by atoms with Crippen LogP contribution < -0.4 is 5.32 Å². The third kappa shape index (κ3) is 5.11. The zero-order valence-corrected chi connectivity index (χ0v) is 15.3. The summed E-state index contributed by atoms with van der Waals surface area (Å²) in [5.74, 6) is 2.37. The molecule has 0 aliphatic carbocycles. The number of benzene rings is 1. The number of aliphatic imine (C=N–C) groups is 1. The molecule has 24 heavy (non-hydrogen) atoms. The molecule has 2 rings (SSSR count). The van der Waals surface area contributed by atoms with E-state index in [-0.39, 0.29) is 5.41 Å². The molecule has 0 amide bonds. The summed E-state index contributed by atoms with van der Waals surface area (Å²) >= 11 is 0. The number of rotatable bonds is 5. The Morgan fingerprint density at radius 3 is 2.54 bits per heavy atom. The Kier molecular flexibility index (Phi) is 6.01. The van der Waals surface area contributed by atoms with Crippen molar-refractivity contribution in [2.75, 3.05) is 13.6 Å². The standard InChI is InChI=1S/C19H28N4O/c1-6-20-18(23(5)14-15-10-8-7-9-11-15)22-13-17-21-12-16(24-17)19(2,3)4/h7-12H,6,13-14H2,1-5H3,(H,20,22). The van der Waals surface area contributed by atoms with Crippen LogP contribution in [0.25, 0.3) is 0 Å². The van der Waals surface area contributed by atoms with Gasteiger partial charge < -0.3 is 14.6 Å². The number of nitrogens with zero attached hydrogens (tertiary/aromatic N) is 3. The van der Waals surface area contributed by atoms with Crippen molar-refractivity contribution >= 4 is 5.96 Å². The highest BCUT2D eigenvalue weighted by atomic mass is 16.4. The number of aromatic nitrogens is 1. The van der Waals surface area contributed by atoms with Gasteiger partial charge in [0.05, 0.1) is 6.20 Å². The summed E-state index contributed by atoms with van der Waals surface area (Å²) < 4.78 is 5.81. The van der Waals surface area contributed by atoms with E-state index in [0.29, 0.717) is 12.4 Å². The van der Waals surface area contributed by atoms with Crippen molar-refractivity contribution in [1.82, 2.24) is 15.2 Å². The molecule has 0 unspecified atom stereocenters. The maximum Gasteiger partial charge on any atom is 0.216 e. The van der Waals surface area contributed by atoms with Crippen molar-refractivity contribution in [3.05, 3.63) is 53.7 Å². The van der Waals surface area contributed by atoms with Gasteiger partial charge in [-0.25, -0.2) is 9.98 Å². The number of hydrogen-bond acceptors (Lipinski definition) is 3. The lowest BCUT2D eigenvalue weighted by Crippen LogP contribution is -2.38. The second-order valence-electron chi connectivity index (χ2n) is 6.88. The smallest absolute Gasteiger partial charge is 0.216 e. The predicted molar refractivity (Wildman–Crippen MR) is 97.9 cm³/mol. The lowest BCUT2D eigenvalue weighted by atomic mass is 9.94. The van der Waals surface area contributed by atoms with Gasteiger partial charge in [0, 0.05) is 25.6 Å². The van der Waals surface area contributed by atoms with E-state index in [1.54, 1.807) is 6.20 Å². The summed E-state index contributed by atoms with van der Waals surface area (Å²) in [5, 5.41) is 3.32. The fourth-order valence-electron chi connectivity index (χ4n) is 2.27. The van der Waals surface area contributed by atoms with Crippen LogP contribution in [0.15, 0.2) is 45.9 Å². The normalized spacial score (nSPS) is 12.3. The molecule has 1 aromatic heterocycles. The van der Waals surface area contributed by atoms with Gasteiger partial charge in [0.2, 0.25) is 5.89 Å². The number of oxazole rings is 1. The molecule has 0 atom stereocenters. The molecule has 0 saturated carbocycles. The SMILES string of the molecule is CCNC(=NCc1ncc(C(C)(C)C)o1)N(C)Cc1ccccc1. The summed E-state index contributed by atoms with van der Waals surface area (Å²) in [5.41, 5.74) is 1.21. The van der Waals surface area contributed by atoms with Crippen LogP contribution in [0.5, 0.6) is 0 Å². The minimum absolute atomic E-state index is 0.0381. The molecular formula is C19H28N4O. The zero-order chi connectivity index (χ0) is 17.6. The van der Waals surface area contributed by atoms with Gasteiger partial charge in [-0.15, -0.1) is 0 Å². The highest BCUT2D eigenvalue weighted by Gasteiger charge is 2.19. The maximum atomic E-state index is 5.81. The van der Waals surface area contributed by atoms with Gasteiger partial charge in [-0.2, -0.15) is 0 Å². The van der Waals surface area contributed by atoms with Crippen molar-refractivity contribution < 1.29 is 4.42 Å². The minimum atomic E-state index is -0.0381. The van der Waals surface area contributed by atoms with E-state index in [4.69, 9.17) is 4.42 Å². The average molecular weight is 328 g/mol. The molecular weight excluding hydrogens is 300 g/mol. The molecule has 0 aliphatic heterocycles. The molecule has 1 heterocycles. The summed E-state index contributed by atoms with van der Waals surface area (Å²) in [4.78, 5) is 11.1. The van der Waals surface area contributed by atoms with Gasteiger partial charge in [0.1, 0.15) is 12.3 Å². The monoisotopic (exact) mass is 328 g/mol. The zero-order valence-electron chi connectivity index (χ0n) is 15.3. The van der Waals surface area contributed by atoms with Crippen LogP contribution in [-0.2, 0) is 18.5 Å². The van der Waals surface area contributed by atoms with Crippen LogP contribution in [0, 0.1) is 0 Å². The lowest BCUT2D eigenvalue weighted by Gasteiger charge is -2.22. The van der Waals surface area contributed by atoms with Crippen LogP contribution in [0.1, 0.15) is 44.9 Å². The summed E-state index contributed by atoms with van der Waals surface area (Å²) in [6.07, 6.45) is 1.80. The van der Waals surface area contributed by atoms with Crippen molar-refractivity contribution in [2.24, 2.45) is 4.99 Å². The molecule has 0 radical (unpaired) electrons. The summed E-state index contributed by atoms with van der Waals surface area (Å²) in [7, 11) is 2.03. The van der Waals surface area contributed by atoms with E-state index in [9.17, 15) is 0 Å². The topological polar surface area (TPSA) is 53.7 Å². The molecule has 0 saturated heterocycles. The molecule has 2 aromatic rings. The quantitative estimate of drug-likeness (QED) is 0.673. The first kappa shape index (κ1) is 18.0. The van der Waals surface area contributed by atoms with Gasteiger partial charge in [0.25, 0.3) is 0 Å². The predicted octanol–water partition coefficient (Wildman–Crippen LogP) is 3.57. The van der Waals surface area contributed by atoms with Crippen molar-refractivity contribution in [2.45, 2.75) is 46.2 Å². The van der Waals surface area contributed by atoms with Gasteiger partial charge >= 0.3 is 0 Å². The highest BCUT2D eigenvalue weighted by Crippen LogP contribution is 2.22. The maximum absolute atomic E-state index is 5.81.